The van der Waals surface area contributed by atoms with Gasteiger partial charge < -0.3 is 14.2 Å². The van der Waals surface area contributed by atoms with Gasteiger partial charge in [-0.05, 0) is 23.3 Å². The summed E-state index contributed by atoms with van der Waals surface area (Å²) in [6.07, 6.45) is 1.42. The van der Waals surface area contributed by atoms with Crippen molar-refractivity contribution in [2.45, 2.75) is 12.9 Å². The Balaban J connectivity index is 1.87. The van der Waals surface area contributed by atoms with E-state index >= 15 is 0 Å². The van der Waals surface area contributed by atoms with Crippen molar-refractivity contribution in [1.82, 2.24) is 0 Å². The van der Waals surface area contributed by atoms with Crippen LogP contribution in [0, 0.1) is 0 Å². The fourth-order valence-electron chi connectivity index (χ4n) is 2.32. The van der Waals surface area contributed by atoms with E-state index in [0.717, 1.165) is 26.9 Å². The highest BCUT2D eigenvalue weighted by Gasteiger charge is 2.23. The molecule has 3 nitrogen and oxygen atoms in total. The highest BCUT2D eigenvalue weighted by molar-refractivity contribution is 9.10. The summed E-state index contributed by atoms with van der Waals surface area (Å²) < 4.78 is 18.2. The Morgan fingerprint density at radius 2 is 1.91 bits per heavy atom. The van der Waals surface area contributed by atoms with E-state index in [9.17, 15) is 0 Å². The monoisotopic (exact) mass is 360 g/mol. The Kier molecular flexibility index (Phi) is 4.93. The second-order valence-electron chi connectivity index (χ2n) is 4.96. The fourth-order valence-corrected chi connectivity index (χ4v) is 2.85. The van der Waals surface area contributed by atoms with Crippen LogP contribution in [0.25, 0.3) is 6.08 Å². The van der Waals surface area contributed by atoms with Crippen molar-refractivity contribution in [2.24, 2.45) is 0 Å². The zero-order valence-electron chi connectivity index (χ0n) is 12.1. The van der Waals surface area contributed by atoms with E-state index in [1.807, 2.05) is 42.5 Å². The Labute approximate surface area is 138 Å². The molecule has 0 aliphatic carbocycles. The van der Waals surface area contributed by atoms with Gasteiger partial charge in [0, 0.05) is 4.47 Å². The minimum atomic E-state index is -0.374. The van der Waals surface area contributed by atoms with Crippen LogP contribution >= 0.6 is 15.9 Å². The largest absolute Gasteiger partial charge is 0.488 e. The van der Waals surface area contributed by atoms with Gasteiger partial charge in [-0.3, -0.25) is 0 Å². The molecule has 0 unspecified atom stereocenters. The lowest BCUT2D eigenvalue weighted by atomic mass is 10.1. The van der Waals surface area contributed by atoms with Crippen LogP contribution in [0.5, 0.6) is 5.75 Å². The molecule has 1 aliphatic rings. The van der Waals surface area contributed by atoms with Crippen LogP contribution < -0.4 is 4.74 Å². The van der Waals surface area contributed by atoms with Gasteiger partial charge in [0.2, 0.25) is 0 Å². The number of benzene rings is 2. The van der Waals surface area contributed by atoms with Crippen molar-refractivity contribution in [1.29, 1.82) is 0 Å². The summed E-state index contributed by atoms with van der Waals surface area (Å²) in [5, 5.41) is 0. The Bertz CT molecular complexity index is 649. The first-order chi connectivity index (χ1) is 10.8. The molecule has 4 heteroatoms. The first-order valence-corrected chi connectivity index (χ1v) is 7.93. The normalized spacial score (nSPS) is 15.0. The number of ether oxygens (including phenoxy) is 3. The average Bonchev–Trinajstić information content (AvgIpc) is 3.08. The van der Waals surface area contributed by atoms with Crippen molar-refractivity contribution >= 4 is 22.0 Å². The summed E-state index contributed by atoms with van der Waals surface area (Å²) in [6.45, 7) is 5.53. The maximum Gasteiger partial charge on any atom is 0.187 e. The third kappa shape index (κ3) is 3.40. The first-order valence-electron chi connectivity index (χ1n) is 7.14. The molecular formula is C18H17BrO3. The van der Waals surface area contributed by atoms with Crippen molar-refractivity contribution in [3.63, 3.8) is 0 Å². The van der Waals surface area contributed by atoms with Gasteiger partial charge in [-0.15, -0.1) is 0 Å². The lowest BCUT2D eigenvalue weighted by Crippen LogP contribution is -2.04. The summed E-state index contributed by atoms with van der Waals surface area (Å²) in [6, 6.07) is 14.0. The number of hydrogen-bond donors (Lipinski definition) is 0. The van der Waals surface area contributed by atoms with E-state index in [2.05, 4.69) is 22.5 Å². The van der Waals surface area contributed by atoms with E-state index < -0.39 is 0 Å². The molecule has 0 atom stereocenters. The van der Waals surface area contributed by atoms with Crippen molar-refractivity contribution in [3.05, 3.63) is 70.2 Å². The smallest absolute Gasteiger partial charge is 0.187 e. The molecular weight excluding hydrogens is 344 g/mol. The molecule has 0 spiro atoms. The Morgan fingerprint density at radius 1 is 1.18 bits per heavy atom. The number of halogens is 1. The molecule has 1 saturated heterocycles. The van der Waals surface area contributed by atoms with E-state index in [0.29, 0.717) is 19.8 Å². The van der Waals surface area contributed by atoms with Gasteiger partial charge in [0.05, 0.1) is 18.8 Å². The molecule has 2 aromatic carbocycles. The molecule has 0 N–H and O–H groups in total. The summed E-state index contributed by atoms with van der Waals surface area (Å²) in [7, 11) is 0. The van der Waals surface area contributed by atoms with Gasteiger partial charge in [0.25, 0.3) is 0 Å². The van der Waals surface area contributed by atoms with Gasteiger partial charge in [-0.1, -0.05) is 58.9 Å². The fraction of sp³-hybridized carbons (Fsp3) is 0.222. The Hall–Kier alpha value is -1.62. The molecule has 1 heterocycles. The molecule has 0 aromatic heterocycles. The molecule has 0 saturated carbocycles. The van der Waals surface area contributed by atoms with Crippen LogP contribution in [0.1, 0.15) is 23.0 Å². The highest BCUT2D eigenvalue weighted by Crippen LogP contribution is 2.36. The second-order valence-corrected chi connectivity index (χ2v) is 5.82. The number of hydrogen-bond acceptors (Lipinski definition) is 3. The summed E-state index contributed by atoms with van der Waals surface area (Å²) in [5.41, 5.74) is 2.99. The standard InChI is InChI=1S/C18H17BrO3/c1-2-14-10-17(22-12-13-6-4-3-5-7-13)15(11-16(14)19)18-20-8-9-21-18/h2-7,10-11,18H,1,8-9,12H2. The maximum absolute atomic E-state index is 6.00. The van der Waals surface area contributed by atoms with Crippen LogP contribution in [0.15, 0.2) is 53.5 Å². The van der Waals surface area contributed by atoms with Crippen LogP contribution in [-0.4, -0.2) is 13.2 Å². The second kappa shape index (κ2) is 7.09. The molecule has 22 heavy (non-hydrogen) atoms. The van der Waals surface area contributed by atoms with Crippen molar-refractivity contribution < 1.29 is 14.2 Å². The highest BCUT2D eigenvalue weighted by atomic mass is 79.9. The molecule has 0 amide bonds. The average molecular weight is 361 g/mol. The van der Waals surface area contributed by atoms with Crippen LogP contribution in [0.3, 0.4) is 0 Å². The lowest BCUT2D eigenvalue weighted by Gasteiger charge is -2.17. The molecule has 0 radical (unpaired) electrons. The predicted molar refractivity (Wildman–Crippen MR) is 89.7 cm³/mol. The predicted octanol–water partition coefficient (Wildman–Crippen LogP) is 4.72. The van der Waals surface area contributed by atoms with Gasteiger partial charge in [-0.2, -0.15) is 0 Å². The maximum atomic E-state index is 6.00. The molecule has 1 aliphatic heterocycles. The molecule has 0 bridgehead atoms. The van der Waals surface area contributed by atoms with E-state index in [4.69, 9.17) is 14.2 Å². The first kappa shape index (κ1) is 15.3. The molecule has 1 fully saturated rings. The zero-order chi connectivity index (χ0) is 15.4. The van der Waals surface area contributed by atoms with E-state index in [-0.39, 0.29) is 6.29 Å². The third-order valence-electron chi connectivity index (χ3n) is 3.46. The summed E-state index contributed by atoms with van der Waals surface area (Å²) >= 11 is 3.55. The van der Waals surface area contributed by atoms with Gasteiger partial charge in [0.1, 0.15) is 12.4 Å². The molecule has 3 rings (SSSR count). The summed E-state index contributed by atoms with van der Waals surface area (Å²) in [4.78, 5) is 0. The molecule has 2 aromatic rings. The number of rotatable bonds is 5. The lowest BCUT2D eigenvalue weighted by molar-refractivity contribution is -0.0459. The van der Waals surface area contributed by atoms with Crippen LogP contribution in [0.4, 0.5) is 0 Å². The van der Waals surface area contributed by atoms with Crippen molar-refractivity contribution in [3.8, 4) is 5.75 Å². The van der Waals surface area contributed by atoms with Crippen molar-refractivity contribution in [2.75, 3.05) is 13.2 Å². The zero-order valence-corrected chi connectivity index (χ0v) is 13.7. The van der Waals surface area contributed by atoms with E-state index in [1.165, 1.54) is 0 Å². The topological polar surface area (TPSA) is 27.7 Å². The molecule has 114 valence electrons. The minimum Gasteiger partial charge on any atom is -0.488 e. The van der Waals surface area contributed by atoms with Crippen LogP contribution in [-0.2, 0) is 16.1 Å². The quantitative estimate of drug-likeness (QED) is 0.772. The SMILES string of the molecule is C=Cc1cc(OCc2ccccc2)c(C2OCCO2)cc1Br. The summed E-state index contributed by atoms with van der Waals surface area (Å²) in [5.74, 6) is 0.758. The minimum absolute atomic E-state index is 0.374. The van der Waals surface area contributed by atoms with Gasteiger partial charge in [-0.25, -0.2) is 0 Å². The third-order valence-corrected chi connectivity index (χ3v) is 4.15. The van der Waals surface area contributed by atoms with Gasteiger partial charge >= 0.3 is 0 Å². The van der Waals surface area contributed by atoms with Gasteiger partial charge in [0.15, 0.2) is 6.29 Å². The van der Waals surface area contributed by atoms with E-state index in [1.54, 1.807) is 6.08 Å². The van der Waals surface area contributed by atoms with Crippen LogP contribution in [0.2, 0.25) is 0 Å². The Morgan fingerprint density at radius 3 is 2.59 bits per heavy atom.